The molecule has 0 aliphatic carbocycles. The molecule has 0 saturated carbocycles. The molecular weight excluding hydrogens is 352 g/mol. The first-order chi connectivity index (χ1) is 13.2. The number of urea groups is 1. The van der Waals surface area contributed by atoms with Crippen molar-refractivity contribution in [2.24, 2.45) is 0 Å². The Labute approximate surface area is 162 Å². The highest BCUT2D eigenvalue weighted by Gasteiger charge is 2.18. The van der Waals surface area contributed by atoms with Crippen LogP contribution in [0.2, 0.25) is 0 Å². The first kappa shape index (κ1) is 17.3. The van der Waals surface area contributed by atoms with Crippen LogP contribution in [0, 0.1) is 6.92 Å². The molecule has 4 heteroatoms. The quantitative estimate of drug-likeness (QED) is 0.439. The van der Waals surface area contributed by atoms with E-state index in [1.54, 1.807) is 16.2 Å². The Bertz CT molecular complexity index is 1070. The normalized spacial score (nSPS) is 10.7. The second-order valence-electron chi connectivity index (χ2n) is 6.44. The van der Waals surface area contributed by atoms with Gasteiger partial charge >= 0.3 is 6.03 Å². The number of thiophene rings is 1. The number of aryl methyl sites for hydroxylation is 1. The SMILES string of the molecule is Cc1ccccc1N(Cc1cccs1)C(=O)Nc1ccc2ccccc2c1. The minimum atomic E-state index is -0.131. The number of hydrogen-bond donors (Lipinski definition) is 1. The van der Waals surface area contributed by atoms with E-state index in [1.807, 2.05) is 73.0 Å². The fraction of sp³-hybridized carbons (Fsp3) is 0.0870. The molecule has 0 atom stereocenters. The van der Waals surface area contributed by atoms with Gasteiger partial charge < -0.3 is 5.32 Å². The summed E-state index contributed by atoms with van der Waals surface area (Å²) in [6.07, 6.45) is 0. The zero-order valence-corrected chi connectivity index (χ0v) is 15.9. The Morgan fingerprint density at radius 1 is 0.926 bits per heavy atom. The van der Waals surface area contributed by atoms with Crippen LogP contribution in [0.1, 0.15) is 10.4 Å². The molecule has 0 aliphatic rings. The van der Waals surface area contributed by atoms with Gasteiger partial charge in [0, 0.05) is 16.3 Å². The Balaban J connectivity index is 1.64. The molecule has 27 heavy (non-hydrogen) atoms. The van der Waals surface area contributed by atoms with Crippen molar-refractivity contribution in [2.75, 3.05) is 10.2 Å². The summed E-state index contributed by atoms with van der Waals surface area (Å²) in [7, 11) is 0. The highest BCUT2D eigenvalue weighted by Crippen LogP contribution is 2.25. The van der Waals surface area contributed by atoms with Crippen LogP contribution >= 0.6 is 11.3 Å². The van der Waals surface area contributed by atoms with E-state index in [0.29, 0.717) is 6.54 Å². The predicted octanol–water partition coefficient (Wildman–Crippen LogP) is 6.45. The summed E-state index contributed by atoms with van der Waals surface area (Å²) in [5.41, 5.74) is 2.79. The van der Waals surface area contributed by atoms with Gasteiger partial charge in [-0.15, -0.1) is 11.3 Å². The van der Waals surface area contributed by atoms with Crippen molar-refractivity contribution in [2.45, 2.75) is 13.5 Å². The number of fused-ring (bicyclic) bond motifs is 1. The molecule has 1 N–H and O–H groups in total. The zero-order valence-electron chi connectivity index (χ0n) is 15.1. The number of para-hydroxylation sites is 1. The third-order valence-corrected chi connectivity index (χ3v) is 5.41. The minimum absolute atomic E-state index is 0.131. The first-order valence-corrected chi connectivity index (χ1v) is 9.74. The summed E-state index contributed by atoms with van der Waals surface area (Å²) in [5.74, 6) is 0. The molecule has 0 unspecified atom stereocenters. The Kier molecular flexibility index (Phi) is 4.90. The number of benzene rings is 3. The summed E-state index contributed by atoms with van der Waals surface area (Å²) < 4.78 is 0. The topological polar surface area (TPSA) is 32.3 Å². The second kappa shape index (κ2) is 7.64. The second-order valence-corrected chi connectivity index (χ2v) is 7.48. The van der Waals surface area contributed by atoms with E-state index in [-0.39, 0.29) is 6.03 Å². The Morgan fingerprint density at radius 2 is 1.70 bits per heavy atom. The van der Waals surface area contributed by atoms with Gasteiger partial charge in [0.05, 0.1) is 6.54 Å². The van der Waals surface area contributed by atoms with Crippen molar-refractivity contribution in [3.8, 4) is 0 Å². The predicted molar refractivity (Wildman–Crippen MR) is 115 cm³/mol. The van der Waals surface area contributed by atoms with E-state index in [1.165, 1.54) is 0 Å². The highest BCUT2D eigenvalue weighted by atomic mass is 32.1. The fourth-order valence-electron chi connectivity index (χ4n) is 3.15. The van der Waals surface area contributed by atoms with Gasteiger partial charge in [0.15, 0.2) is 0 Å². The Morgan fingerprint density at radius 3 is 2.48 bits per heavy atom. The van der Waals surface area contributed by atoms with Gasteiger partial charge in [0.1, 0.15) is 0 Å². The fourth-order valence-corrected chi connectivity index (χ4v) is 3.84. The maximum atomic E-state index is 13.1. The molecule has 0 saturated heterocycles. The van der Waals surface area contributed by atoms with Crippen molar-refractivity contribution in [3.05, 3.63) is 94.7 Å². The first-order valence-electron chi connectivity index (χ1n) is 8.86. The zero-order chi connectivity index (χ0) is 18.6. The monoisotopic (exact) mass is 372 g/mol. The van der Waals surface area contributed by atoms with E-state index < -0.39 is 0 Å². The van der Waals surface area contributed by atoms with Crippen molar-refractivity contribution < 1.29 is 4.79 Å². The lowest BCUT2D eigenvalue weighted by Gasteiger charge is -2.24. The molecule has 0 bridgehead atoms. The molecule has 1 aromatic heterocycles. The maximum absolute atomic E-state index is 13.1. The largest absolute Gasteiger partial charge is 0.326 e. The van der Waals surface area contributed by atoms with E-state index in [2.05, 4.69) is 23.5 Å². The number of hydrogen-bond acceptors (Lipinski definition) is 2. The number of nitrogens with zero attached hydrogens (tertiary/aromatic N) is 1. The summed E-state index contributed by atoms with van der Waals surface area (Å²) in [6, 6.07) is 26.0. The number of carbonyl (C=O) groups is 1. The molecule has 1 heterocycles. The highest BCUT2D eigenvalue weighted by molar-refractivity contribution is 7.09. The molecule has 3 aromatic carbocycles. The molecule has 0 fully saturated rings. The molecule has 3 nitrogen and oxygen atoms in total. The number of rotatable bonds is 4. The van der Waals surface area contributed by atoms with E-state index in [9.17, 15) is 4.79 Å². The molecule has 4 aromatic rings. The standard InChI is InChI=1S/C23H20N2OS/c1-17-7-2-5-11-22(17)25(16-21-10-6-14-27-21)23(26)24-20-13-12-18-8-3-4-9-19(18)15-20/h2-15H,16H2,1H3,(H,24,26). The lowest BCUT2D eigenvalue weighted by Crippen LogP contribution is -2.34. The third kappa shape index (κ3) is 3.86. The average Bonchev–Trinajstić information content (AvgIpc) is 3.20. The van der Waals surface area contributed by atoms with Crippen LogP contribution in [0.3, 0.4) is 0 Å². The van der Waals surface area contributed by atoms with Gasteiger partial charge in [0.2, 0.25) is 0 Å². The van der Waals surface area contributed by atoms with Gasteiger partial charge in [-0.2, -0.15) is 0 Å². The van der Waals surface area contributed by atoms with Crippen molar-refractivity contribution >= 4 is 39.5 Å². The average molecular weight is 372 g/mol. The van der Waals surface area contributed by atoms with Crippen LogP contribution in [-0.2, 0) is 6.54 Å². The summed E-state index contributed by atoms with van der Waals surface area (Å²) in [6.45, 7) is 2.57. The molecule has 134 valence electrons. The third-order valence-electron chi connectivity index (χ3n) is 4.55. The van der Waals surface area contributed by atoms with Crippen LogP contribution in [0.15, 0.2) is 84.2 Å². The van der Waals surface area contributed by atoms with Gasteiger partial charge in [-0.3, -0.25) is 4.90 Å². The maximum Gasteiger partial charge on any atom is 0.326 e. The summed E-state index contributed by atoms with van der Waals surface area (Å²) >= 11 is 1.66. The van der Waals surface area contributed by atoms with Crippen LogP contribution in [0.5, 0.6) is 0 Å². The molecule has 2 amide bonds. The van der Waals surface area contributed by atoms with Crippen LogP contribution in [-0.4, -0.2) is 6.03 Å². The lowest BCUT2D eigenvalue weighted by atomic mass is 10.1. The molecule has 4 rings (SSSR count). The number of anilines is 2. The van der Waals surface area contributed by atoms with E-state index in [4.69, 9.17) is 0 Å². The minimum Gasteiger partial charge on any atom is -0.308 e. The van der Waals surface area contributed by atoms with Crippen LogP contribution < -0.4 is 10.2 Å². The molecule has 0 spiro atoms. The summed E-state index contributed by atoms with van der Waals surface area (Å²) in [5, 5.41) is 7.36. The van der Waals surface area contributed by atoms with Gasteiger partial charge in [-0.25, -0.2) is 4.79 Å². The number of nitrogens with one attached hydrogen (secondary N) is 1. The van der Waals surface area contributed by atoms with Crippen LogP contribution in [0.4, 0.5) is 16.2 Å². The smallest absolute Gasteiger partial charge is 0.308 e. The number of amides is 2. The number of carbonyl (C=O) groups excluding carboxylic acids is 1. The Hall–Kier alpha value is -3.11. The lowest BCUT2D eigenvalue weighted by molar-refractivity contribution is 0.256. The van der Waals surface area contributed by atoms with Crippen LogP contribution in [0.25, 0.3) is 10.8 Å². The van der Waals surface area contributed by atoms with Gasteiger partial charge in [-0.1, -0.05) is 54.6 Å². The molecule has 0 aliphatic heterocycles. The van der Waals surface area contributed by atoms with Crippen molar-refractivity contribution in [1.82, 2.24) is 0 Å². The molecular formula is C23H20N2OS. The van der Waals surface area contributed by atoms with Crippen molar-refractivity contribution in [3.63, 3.8) is 0 Å². The summed E-state index contributed by atoms with van der Waals surface area (Å²) in [4.78, 5) is 16.1. The van der Waals surface area contributed by atoms with E-state index >= 15 is 0 Å². The molecule has 0 radical (unpaired) electrons. The van der Waals surface area contributed by atoms with Gasteiger partial charge in [-0.05, 0) is 52.9 Å². The van der Waals surface area contributed by atoms with Crippen molar-refractivity contribution in [1.29, 1.82) is 0 Å². The van der Waals surface area contributed by atoms with E-state index in [0.717, 1.165) is 32.6 Å². The van der Waals surface area contributed by atoms with Gasteiger partial charge in [0.25, 0.3) is 0 Å².